The van der Waals surface area contributed by atoms with E-state index in [-0.39, 0.29) is 17.8 Å². The van der Waals surface area contributed by atoms with Crippen LogP contribution in [0.25, 0.3) is 0 Å². The van der Waals surface area contributed by atoms with Crippen molar-refractivity contribution in [3.05, 3.63) is 29.3 Å². The van der Waals surface area contributed by atoms with Gasteiger partial charge in [-0.25, -0.2) is 0 Å². The largest absolute Gasteiger partial charge is 0.508 e. The zero-order chi connectivity index (χ0) is 10.1. The molecule has 3 nitrogen and oxygen atoms in total. The Balaban J connectivity index is 2.24. The molecule has 1 fully saturated rings. The van der Waals surface area contributed by atoms with Crippen LogP contribution in [0.5, 0.6) is 5.75 Å². The van der Waals surface area contributed by atoms with Gasteiger partial charge in [-0.1, -0.05) is 6.07 Å². The molecule has 0 aliphatic carbocycles. The number of aromatic hydroxyl groups is 1. The number of aryl methyl sites for hydroxylation is 1. The Morgan fingerprint density at radius 2 is 2.29 bits per heavy atom. The average molecular weight is 192 g/mol. The first-order chi connectivity index (χ1) is 6.66. The second-order valence-corrected chi connectivity index (χ2v) is 3.56. The lowest BCUT2D eigenvalue weighted by Crippen LogP contribution is -1.98. The molecule has 3 heteroatoms. The van der Waals surface area contributed by atoms with Crippen molar-refractivity contribution in [2.45, 2.75) is 25.9 Å². The maximum Gasteiger partial charge on any atom is 0.306 e. The van der Waals surface area contributed by atoms with Crippen LogP contribution < -0.4 is 0 Å². The number of esters is 1. The van der Waals surface area contributed by atoms with Gasteiger partial charge in [0.2, 0.25) is 0 Å². The van der Waals surface area contributed by atoms with Crippen LogP contribution in [0.15, 0.2) is 18.2 Å². The van der Waals surface area contributed by atoms with Crippen molar-refractivity contribution in [1.82, 2.24) is 0 Å². The summed E-state index contributed by atoms with van der Waals surface area (Å²) in [7, 11) is 0. The molecule has 0 bridgehead atoms. The molecule has 1 atom stereocenters. The van der Waals surface area contributed by atoms with E-state index in [1.54, 1.807) is 12.1 Å². The molecule has 0 amide bonds. The summed E-state index contributed by atoms with van der Waals surface area (Å²) in [6, 6.07) is 5.29. The Hall–Kier alpha value is -1.51. The minimum atomic E-state index is -0.138. The van der Waals surface area contributed by atoms with E-state index in [1.165, 1.54) is 0 Å². The zero-order valence-corrected chi connectivity index (χ0v) is 7.99. The predicted molar refractivity (Wildman–Crippen MR) is 50.9 cm³/mol. The normalized spacial score (nSPS) is 20.9. The first kappa shape index (κ1) is 9.06. The van der Waals surface area contributed by atoms with Gasteiger partial charge in [0.1, 0.15) is 11.9 Å². The fourth-order valence-corrected chi connectivity index (χ4v) is 1.64. The first-order valence-electron chi connectivity index (χ1n) is 4.66. The van der Waals surface area contributed by atoms with Crippen molar-refractivity contribution in [2.75, 3.05) is 0 Å². The van der Waals surface area contributed by atoms with Gasteiger partial charge in [0.15, 0.2) is 0 Å². The quantitative estimate of drug-likeness (QED) is 0.693. The number of carbonyl (C=O) groups is 1. The second-order valence-electron chi connectivity index (χ2n) is 3.56. The van der Waals surface area contributed by atoms with Crippen molar-refractivity contribution in [1.29, 1.82) is 0 Å². The van der Waals surface area contributed by atoms with Crippen LogP contribution >= 0.6 is 0 Å². The van der Waals surface area contributed by atoms with Crippen LogP contribution in [0, 0.1) is 6.92 Å². The maximum absolute atomic E-state index is 10.9. The lowest BCUT2D eigenvalue weighted by Gasteiger charge is -2.10. The summed E-state index contributed by atoms with van der Waals surface area (Å²) in [5, 5.41) is 9.33. The van der Waals surface area contributed by atoms with Crippen LogP contribution in [0.1, 0.15) is 30.1 Å². The van der Waals surface area contributed by atoms with Gasteiger partial charge in [0.25, 0.3) is 0 Å². The number of benzene rings is 1. The molecule has 1 unspecified atom stereocenters. The Morgan fingerprint density at radius 1 is 1.50 bits per heavy atom. The van der Waals surface area contributed by atoms with E-state index in [0.717, 1.165) is 17.5 Å². The summed E-state index contributed by atoms with van der Waals surface area (Å²) in [4.78, 5) is 10.9. The van der Waals surface area contributed by atoms with Gasteiger partial charge < -0.3 is 9.84 Å². The summed E-state index contributed by atoms with van der Waals surface area (Å²) in [6.45, 7) is 1.83. The van der Waals surface area contributed by atoms with E-state index in [2.05, 4.69) is 0 Å². The van der Waals surface area contributed by atoms with Crippen LogP contribution in [-0.2, 0) is 9.53 Å². The molecule has 0 radical (unpaired) electrons. The minimum Gasteiger partial charge on any atom is -0.508 e. The van der Waals surface area contributed by atoms with Gasteiger partial charge in [0.05, 0.1) is 0 Å². The van der Waals surface area contributed by atoms with Crippen molar-refractivity contribution in [2.24, 2.45) is 0 Å². The van der Waals surface area contributed by atoms with Crippen molar-refractivity contribution < 1.29 is 14.6 Å². The summed E-state index contributed by atoms with van der Waals surface area (Å²) in [5.74, 6) is 0.138. The van der Waals surface area contributed by atoms with E-state index in [4.69, 9.17) is 4.74 Å². The molecule has 1 aliphatic heterocycles. The van der Waals surface area contributed by atoms with Crippen molar-refractivity contribution >= 4 is 5.97 Å². The first-order valence-corrected chi connectivity index (χ1v) is 4.66. The Morgan fingerprint density at radius 3 is 2.86 bits per heavy atom. The molecule has 0 spiro atoms. The summed E-state index contributed by atoms with van der Waals surface area (Å²) < 4.78 is 5.12. The predicted octanol–water partition coefficient (Wildman–Crippen LogP) is 2.08. The third-order valence-electron chi connectivity index (χ3n) is 2.48. The van der Waals surface area contributed by atoms with Crippen LogP contribution in [0.2, 0.25) is 0 Å². The molecule has 1 aliphatic rings. The summed E-state index contributed by atoms with van der Waals surface area (Å²) in [5.41, 5.74) is 1.77. The SMILES string of the molecule is Cc1cc(C2CCC(=O)O2)ccc1O. The molecule has 2 rings (SSSR count). The van der Waals surface area contributed by atoms with Gasteiger partial charge >= 0.3 is 5.97 Å². The number of ether oxygens (including phenoxy) is 1. The highest BCUT2D eigenvalue weighted by Gasteiger charge is 2.24. The molecule has 1 heterocycles. The Kier molecular flexibility index (Phi) is 2.15. The zero-order valence-electron chi connectivity index (χ0n) is 7.99. The van der Waals surface area contributed by atoms with E-state index in [0.29, 0.717) is 6.42 Å². The second kappa shape index (κ2) is 3.33. The smallest absolute Gasteiger partial charge is 0.306 e. The topological polar surface area (TPSA) is 46.5 Å². The van der Waals surface area contributed by atoms with Gasteiger partial charge in [-0.2, -0.15) is 0 Å². The molecule has 74 valence electrons. The fraction of sp³-hybridized carbons (Fsp3) is 0.364. The van der Waals surface area contributed by atoms with Crippen LogP contribution in [0.3, 0.4) is 0 Å². The van der Waals surface area contributed by atoms with Gasteiger partial charge in [-0.15, -0.1) is 0 Å². The fourth-order valence-electron chi connectivity index (χ4n) is 1.64. The third kappa shape index (κ3) is 1.58. The third-order valence-corrected chi connectivity index (χ3v) is 2.48. The lowest BCUT2D eigenvalue weighted by atomic mass is 10.0. The molecule has 1 N–H and O–H groups in total. The highest BCUT2D eigenvalue weighted by molar-refractivity contribution is 5.71. The molecule has 14 heavy (non-hydrogen) atoms. The molecule has 1 saturated heterocycles. The number of rotatable bonds is 1. The molecule has 0 aromatic heterocycles. The van der Waals surface area contributed by atoms with Gasteiger partial charge in [-0.3, -0.25) is 4.79 Å². The van der Waals surface area contributed by atoms with Crippen molar-refractivity contribution in [3.8, 4) is 5.75 Å². The number of carbonyl (C=O) groups excluding carboxylic acids is 1. The average Bonchev–Trinajstić information content (AvgIpc) is 2.57. The summed E-state index contributed by atoms with van der Waals surface area (Å²) >= 11 is 0. The monoisotopic (exact) mass is 192 g/mol. The molecular formula is C11H12O3. The number of phenols is 1. The molecule has 1 aromatic rings. The minimum absolute atomic E-state index is 0.123. The molecule has 1 aromatic carbocycles. The lowest BCUT2D eigenvalue weighted by molar-refractivity contribution is -0.141. The Bertz CT molecular complexity index is 371. The number of phenolic OH excluding ortho intramolecular Hbond substituents is 1. The van der Waals surface area contributed by atoms with Crippen LogP contribution in [0.4, 0.5) is 0 Å². The number of cyclic esters (lactones) is 1. The van der Waals surface area contributed by atoms with Gasteiger partial charge in [0, 0.05) is 6.42 Å². The maximum atomic E-state index is 10.9. The standard InChI is InChI=1S/C11H12O3/c1-7-6-8(2-3-9(7)12)10-4-5-11(13)14-10/h2-3,6,10,12H,4-5H2,1H3. The van der Waals surface area contributed by atoms with Crippen molar-refractivity contribution in [3.63, 3.8) is 0 Å². The Labute approximate surface area is 82.3 Å². The highest BCUT2D eigenvalue weighted by atomic mass is 16.5. The van der Waals surface area contributed by atoms with E-state index < -0.39 is 0 Å². The molecule has 0 saturated carbocycles. The van der Waals surface area contributed by atoms with E-state index >= 15 is 0 Å². The molecular weight excluding hydrogens is 180 g/mol. The summed E-state index contributed by atoms with van der Waals surface area (Å²) in [6.07, 6.45) is 1.11. The van der Waals surface area contributed by atoms with Crippen LogP contribution in [-0.4, -0.2) is 11.1 Å². The van der Waals surface area contributed by atoms with Gasteiger partial charge in [-0.05, 0) is 36.6 Å². The number of hydrogen-bond acceptors (Lipinski definition) is 3. The number of hydrogen-bond donors (Lipinski definition) is 1. The highest BCUT2D eigenvalue weighted by Crippen LogP contribution is 2.31. The van der Waals surface area contributed by atoms with E-state index in [9.17, 15) is 9.90 Å². The van der Waals surface area contributed by atoms with E-state index in [1.807, 2.05) is 13.0 Å².